The number of nitrogens with one attached hydrogen (secondary N) is 2. The number of piperidine rings is 1. The van der Waals surface area contributed by atoms with Gasteiger partial charge in [-0.2, -0.15) is 0 Å². The summed E-state index contributed by atoms with van der Waals surface area (Å²) in [6.07, 6.45) is 2.17. The van der Waals surface area contributed by atoms with Crippen LogP contribution in [-0.4, -0.2) is 37.7 Å². The summed E-state index contributed by atoms with van der Waals surface area (Å²) in [6.45, 7) is 8.35. The van der Waals surface area contributed by atoms with Gasteiger partial charge in [-0.3, -0.25) is 4.79 Å². The van der Waals surface area contributed by atoms with Crippen LogP contribution in [0.15, 0.2) is 0 Å². The van der Waals surface area contributed by atoms with Crippen LogP contribution in [0.2, 0.25) is 0 Å². The molecule has 0 aromatic carbocycles. The van der Waals surface area contributed by atoms with Crippen LogP contribution in [0.1, 0.15) is 33.6 Å². The van der Waals surface area contributed by atoms with Gasteiger partial charge in [0.05, 0.1) is 12.0 Å². The van der Waals surface area contributed by atoms with E-state index in [0.717, 1.165) is 19.4 Å². The van der Waals surface area contributed by atoms with E-state index in [1.165, 1.54) is 0 Å². The first-order valence-electron chi connectivity index (χ1n) is 6.27. The minimum absolute atomic E-state index is 0.0980. The predicted molar refractivity (Wildman–Crippen MR) is 64.3 cm³/mol. The molecule has 0 aliphatic carbocycles. The standard InChI is InChI=1S/C12H24N2O2/c1-4-16-9(2)8-14-12(15)11-6-5-7-13-10(11)3/h9-11,13H,4-8H2,1-3H3,(H,14,15). The Labute approximate surface area is 98.1 Å². The number of hydrogen-bond donors (Lipinski definition) is 2. The van der Waals surface area contributed by atoms with E-state index in [1.807, 2.05) is 13.8 Å². The van der Waals surface area contributed by atoms with Crippen LogP contribution in [0.4, 0.5) is 0 Å². The van der Waals surface area contributed by atoms with E-state index in [2.05, 4.69) is 17.6 Å². The van der Waals surface area contributed by atoms with E-state index in [9.17, 15) is 4.79 Å². The Kier molecular flexibility index (Phi) is 5.77. The average Bonchev–Trinajstić information content (AvgIpc) is 2.27. The molecule has 0 aromatic rings. The predicted octanol–water partition coefficient (Wildman–Crippen LogP) is 0.916. The molecule has 1 saturated heterocycles. The Balaban J connectivity index is 2.28. The van der Waals surface area contributed by atoms with Crippen molar-refractivity contribution in [2.24, 2.45) is 5.92 Å². The molecule has 1 aliphatic rings. The maximum Gasteiger partial charge on any atom is 0.224 e. The molecule has 3 unspecified atom stereocenters. The van der Waals surface area contributed by atoms with Gasteiger partial charge in [-0.25, -0.2) is 0 Å². The lowest BCUT2D eigenvalue weighted by Crippen LogP contribution is -2.47. The number of rotatable bonds is 5. The number of carbonyl (C=O) groups excluding carboxylic acids is 1. The van der Waals surface area contributed by atoms with Crippen molar-refractivity contribution in [1.82, 2.24) is 10.6 Å². The summed E-state index contributed by atoms with van der Waals surface area (Å²) >= 11 is 0. The molecular formula is C12H24N2O2. The number of amides is 1. The van der Waals surface area contributed by atoms with E-state index in [-0.39, 0.29) is 24.0 Å². The van der Waals surface area contributed by atoms with Gasteiger partial charge in [0, 0.05) is 19.2 Å². The molecule has 1 fully saturated rings. The van der Waals surface area contributed by atoms with Gasteiger partial charge in [0.15, 0.2) is 0 Å². The molecule has 0 aromatic heterocycles. The highest BCUT2D eigenvalue weighted by Gasteiger charge is 2.27. The Morgan fingerprint density at radius 3 is 3.00 bits per heavy atom. The van der Waals surface area contributed by atoms with Crippen LogP contribution in [0.5, 0.6) is 0 Å². The molecular weight excluding hydrogens is 204 g/mol. The van der Waals surface area contributed by atoms with Crippen molar-refractivity contribution in [3.8, 4) is 0 Å². The van der Waals surface area contributed by atoms with E-state index in [4.69, 9.17) is 4.74 Å². The fourth-order valence-electron chi connectivity index (χ4n) is 2.12. The molecule has 16 heavy (non-hydrogen) atoms. The van der Waals surface area contributed by atoms with Crippen molar-refractivity contribution in [3.05, 3.63) is 0 Å². The van der Waals surface area contributed by atoms with Crippen molar-refractivity contribution in [2.45, 2.75) is 45.8 Å². The van der Waals surface area contributed by atoms with Crippen molar-refractivity contribution < 1.29 is 9.53 Å². The van der Waals surface area contributed by atoms with Gasteiger partial charge >= 0.3 is 0 Å². The van der Waals surface area contributed by atoms with Crippen molar-refractivity contribution in [3.63, 3.8) is 0 Å². The second kappa shape index (κ2) is 6.86. The quantitative estimate of drug-likeness (QED) is 0.735. The molecule has 2 N–H and O–H groups in total. The maximum absolute atomic E-state index is 11.9. The fraction of sp³-hybridized carbons (Fsp3) is 0.917. The van der Waals surface area contributed by atoms with Crippen LogP contribution >= 0.6 is 0 Å². The molecule has 4 nitrogen and oxygen atoms in total. The van der Waals surface area contributed by atoms with Gasteiger partial charge in [-0.1, -0.05) is 0 Å². The SMILES string of the molecule is CCOC(C)CNC(=O)C1CCCNC1C. The molecule has 1 amide bonds. The molecule has 1 aliphatic heterocycles. The second-order valence-electron chi connectivity index (χ2n) is 4.50. The highest BCUT2D eigenvalue weighted by Crippen LogP contribution is 2.16. The third-order valence-electron chi connectivity index (χ3n) is 3.11. The molecule has 0 spiro atoms. The third-order valence-corrected chi connectivity index (χ3v) is 3.11. The molecule has 1 rings (SSSR count). The lowest BCUT2D eigenvalue weighted by Gasteiger charge is -2.29. The van der Waals surface area contributed by atoms with Gasteiger partial charge in [0.25, 0.3) is 0 Å². The molecule has 1 heterocycles. The van der Waals surface area contributed by atoms with E-state index < -0.39 is 0 Å². The third kappa shape index (κ3) is 4.10. The lowest BCUT2D eigenvalue weighted by atomic mass is 9.91. The second-order valence-corrected chi connectivity index (χ2v) is 4.50. The topological polar surface area (TPSA) is 50.4 Å². The van der Waals surface area contributed by atoms with Crippen molar-refractivity contribution in [2.75, 3.05) is 19.7 Å². The fourth-order valence-corrected chi connectivity index (χ4v) is 2.12. The lowest BCUT2D eigenvalue weighted by molar-refractivity contribution is -0.127. The van der Waals surface area contributed by atoms with Gasteiger partial charge in [-0.15, -0.1) is 0 Å². The van der Waals surface area contributed by atoms with Gasteiger partial charge in [0.1, 0.15) is 0 Å². The Hall–Kier alpha value is -0.610. The zero-order valence-corrected chi connectivity index (χ0v) is 10.6. The molecule has 0 bridgehead atoms. The Morgan fingerprint density at radius 2 is 2.38 bits per heavy atom. The van der Waals surface area contributed by atoms with Gasteiger partial charge < -0.3 is 15.4 Å². The summed E-state index contributed by atoms with van der Waals surface area (Å²) in [5.74, 6) is 0.272. The summed E-state index contributed by atoms with van der Waals surface area (Å²) in [5.41, 5.74) is 0. The highest BCUT2D eigenvalue weighted by molar-refractivity contribution is 5.79. The van der Waals surface area contributed by atoms with Gasteiger partial charge in [-0.05, 0) is 40.2 Å². The summed E-state index contributed by atoms with van der Waals surface area (Å²) in [4.78, 5) is 11.9. The van der Waals surface area contributed by atoms with E-state index in [0.29, 0.717) is 13.2 Å². The van der Waals surface area contributed by atoms with Crippen LogP contribution in [0, 0.1) is 5.92 Å². The number of carbonyl (C=O) groups is 1. The van der Waals surface area contributed by atoms with Crippen LogP contribution in [0.25, 0.3) is 0 Å². The summed E-state index contributed by atoms with van der Waals surface area (Å²) < 4.78 is 5.38. The minimum Gasteiger partial charge on any atom is -0.377 e. The monoisotopic (exact) mass is 228 g/mol. The molecule has 94 valence electrons. The smallest absolute Gasteiger partial charge is 0.224 e. The summed E-state index contributed by atoms with van der Waals surface area (Å²) in [5, 5.41) is 6.30. The van der Waals surface area contributed by atoms with Crippen LogP contribution < -0.4 is 10.6 Å². The number of hydrogen-bond acceptors (Lipinski definition) is 3. The Morgan fingerprint density at radius 1 is 1.62 bits per heavy atom. The van der Waals surface area contributed by atoms with Crippen molar-refractivity contribution in [1.29, 1.82) is 0 Å². The van der Waals surface area contributed by atoms with Crippen molar-refractivity contribution >= 4 is 5.91 Å². The first-order valence-corrected chi connectivity index (χ1v) is 6.27. The first-order chi connectivity index (χ1) is 7.65. The zero-order chi connectivity index (χ0) is 12.0. The number of ether oxygens (including phenoxy) is 1. The largest absolute Gasteiger partial charge is 0.377 e. The van der Waals surface area contributed by atoms with Gasteiger partial charge in [0.2, 0.25) is 5.91 Å². The average molecular weight is 228 g/mol. The van der Waals surface area contributed by atoms with Crippen LogP contribution in [-0.2, 0) is 9.53 Å². The Bertz CT molecular complexity index is 221. The molecule has 3 atom stereocenters. The molecule has 0 radical (unpaired) electrons. The van der Waals surface area contributed by atoms with E-state index in [1.54, 1.807) is 0 Å². The molecule has 0 saturated carbocycles. The van der Waals surface area contributed by atoms with Crippen LogP contribution in [0.3, 0.4) is 0 Å². The summed E-state index contributed by atoms with van der Waals surface area (Å²) in [7, 11) is 0. The highest BCUT2D eigenvalue weighted by atomic mass is 16.5. The molecule has 4 heteroatoms. The maximum atomic E-state index is 11.9. The zero-order valence-electron chi connectivity index (χ0n) is 10.6. The normalized spacial score (nSPS) is 27.4. The first kappa shape index (κ1) is 13.5. The minimum atomic E-state index is 0.0980. The van der Waals surface area contributed by atoms with E-state index >= 15 is 0 Å². The summed E-state index contributed by atoms with van der Waals surface area (Å²) in [6, 6.07) is 0.288.